The molecule has 0 atom stereocenters. The molecule has 1 aromatic carbocycles. The average molecular weight is 282 g/mol. The van der Waals surface area contributed by atoms with Gasteiger partial charge in [0.1, 0.15) is 10.8 Å². The fraction of sp³-hybridized carbons (Fsp3) is 0.0833. The highest BCUT2D eigenvalue weighted by atomic mass is 35.5. The Morgan fingerprint density at radius 2 is 2.11 bits per heavy atom. The smallest absolute Gasteiger partial charge is 0.373 e. The summed E-state index contributed by atoms with van der Waals surface area (Å²) in [7, 11) is 1.23. The van der Waals surface area contributed by atoms with Crippen LogP contribution in [0.1, 0.15) is 10.6 Å². The molecular weight excluding hydrogens is 274 g/mol. The molecule has 19 heavy (non-hydrogen) atoms. The zero-order chi connectivity index (χ0) is 14.0. The number of halogens is 1. The third-order valence-corrected chi connectivity index (χ3v) is 2.74. The summed E-state index contributed by atoms with van der Waals surface area (Å²) < 4.78 is 9.76. The van der Waals surface area contributed by atoms with Crippen molar-refractivity contribution in [3.8, 4) is 11.3 Å². The van der Waals surface area contributed by atoms with E-state index in [-0.39, 0.29) is 16.5 Å². The van der Waals surface area contributed by atoms with Crippen LogP contribution in [-0.4, -0.2) is 18.0 Å². The zero-order valence-corrected chi connectivity index (χ0v) is 10.5. The number of carbonyl (C=O) groups is 1. The Balaban J connectivity index is 2.42. The average Bonchev–Trinajstić information content (AvgIpc) is 2.87. The summed E-state index contributed by atoms with van der Waals surface area (Å²) in [6.45, 7) is 0. The number of furan rings is 1. The predicted molar refractivity (Wildman–Crippen MR) is 67.1 cm³/mol. The molecule has 0 bridgehead atoms. The van der Waals surface area contributed by atoms with Crippen LogP contribution in [0.3, 0.4) is 0 Å². The molecule has 0 unspecified atom stereocenters. The maximum absolute atomic E-state index is 11.2. The van der Waals surface area contributed by atoms with Crippen molar-refractivity contribution >= 4 is 23.3 Å². The molecule has 0 spiro atoms. The maximum Gasteiger partial charge on any atom is 0.373 e. The van der Waals surface area contributed by atoms with Crippen molar-refractivity contribution in [3.63, 3.8) is 0 Å². The molecule has 0 aliphatic heterocycles. The van der Waals surface area contributed by atoms with Crippen LogP contribution in [-0.2, 0) is 4.74 Å². The maximum atomic E-state index is 11.2. The molecular formula is C12H8ClNO5. The van der Waals surface area contributed by atoms with Crippen molar-refractivity contribution in [3.05, 3.63) is 51.2 Å². The lowest BCUT2D eigenvalue weighted by Crippen LogP contribution is -1.98. The number of methoxy groups -OCH3 is 1. The number of rotatable bonds is 3. The third-order valence-electron chi connectivity index (χ3n) is 2.42. The van der Waals surface area contributed by atoms with Gasteiger partial charge < -0.3 is 9.15 Å². The second kappa shape index (κ2) is 5.11. The molecule has 1 aromatic heterocycles. The van der Waals surface area contributed by atoms with Crippen molar-refractivity contribution < 1.29 is 18.9 Å². The van der Waals surface area contributed by atoms with Gasteiger partial charge in [-0.15, -0.1) is 0 Å². The quantitative estimate of drug-likeness (QED) is 0.490. The van der Waals surface area contributed by atoms with Crippen molar-refractivity contribution in [2.24, 2.45) is 0 Å². The van der Waals surface area contributed by atoms with Gasteiger partial charge in [0, 0.05) is 11.6 Å². The van der Waals surface area contributed by atoms with Gasteiger partial charge in [0.2, 0.25) is 5.76 Å². The molecule has 6 nitrogen and oxygen atoms in total. The molecule has 7 heteroatoms. The Hall–Kier alpha value is -2.34. The van der Waals surface area contributed by atoms with Crippen molar-refractivity contribution in [1.29, 1.82) is 0 Å². The van der Waals surface area contributed by atoms with Crippen LogP contribution in [0.15, 0.2) is 34.7 Å². The lowest BCUT2D eigenvalue weighted by molar-refractivity contribution is -0.384. The van der Waals surface area contributed by atoms with Crippen molar-refractivity contribution in [2.75, 3.05) is 7.11 Å². The molecule has 2 aromatic rings. The summed E-state index contributed by atoms with van der Waals surface area (Å²) in [5.41, 5.74) is 0.224. The van der Waals surface area contributed by atoms with E-state index >= 15 is 0 Å². The van der Waals surface area contributed by atoms with E-state index in [0.29, 0.717) is 11.3 Å². The zero-order valence-electron chi connectivity index (χ0n) is 9.75. The number of nitrogens with zero attached hydrogens (tertiary/aromatic N) is 1. The van der Waals surface area contributed by atoms with Crippen LogP contribution in [0.4, 0.5) is 5.69 Å². The van der Waals surface area contributed by atoms with Crippen LogP contribution in [0, 0.1) is 10.1 Å². The molecule has 0 aliphatic carbocycles. The Morgan fingerprint density at radius 3 is 2.74 bits per heavy atom. The minimum absolute atomic E-state index is 0.0232. The third kappa shape index (κ3) is 2.58. The van der Waals surface area contributed by atoms with Gasteiger partial charge in [-0.05, 0) is 24.3 Å². The number of ether oxygens (including phenoxy) is 1. The number of hydrogen-bond acceptors (Lipinski definition) is 5. The highest BCUT2D eigenvalue weighted by Gasteiger charge is 2.17. The summed E-state index contributed by atoms with van der Waals surface area (Å²) in [4.78, 5) is 21.4. The molecule has 0 saturated carbocycles. The van der Waals surface area contributed by atoms with Crippen LogP contribution >= 0.6 is 11.6 Å². The normalized spacial score (nSPS) is 10.2. The Bertz CT molecular complexity index is 649. The van der Waals surface area contributed by atoms with E-state index in [9.17, 15) is 14.9 Å². The standard InChI is InChI=1S/C12H8ClNO5/c1-18-12(15)11-5-4-10(19-11)7-2-3-8(13)9(6-7)14(16)17/h2-6H,1H3. The lowest BCUT2D eigenvalue weighted by atomic mass is 10.1. The Kier molecular flexibility index (Phi) is 3.52. The van der Waals surface area contributed by atoms with Gasteiger partial charge in [0.15, 0.2) is 0 Å². The number of nitro benzene ring substituents is 1. The van der Waals surface area contributed by atoms with Gasteiger partial charge in [-0.3, -0.25) is 10.1 Å². The van der Waals surface area contributed by atoms with Crippen LogP contribution in [0.2, 0.25) is 5.02 Å². The Morgan fingerprint density at radius 1 is 1.37 bits per heavy atom. The van der Waals surface area contributed by atoms with Crippen LogP contribution < -0.4 is 0 Å². The van der Waals surface area contributed by atoms with Gasteiger partial charge in [-0.2, -0.15) is 0 Å². The first-order chi connectivity index (χ1) is 9.02. The Labute approximate surface area is 112 Å². The summed E-state index contributed by atoms with van der Waals surface area (Å²) in [6, 6.07) is 7.20. The van der Waals surface area contributed by atoms with E-state index in [2.05, 4.69) is 4.74 Å². The van der Waals surface area contributed by atoms with Crippen molar-refractivity contribution in [1.82, 2.24) is 0 Å². The highest BCUT2D eigenvalue weighted by Crippen LogP contribution is 2.31. The number of esters is 1. The minimum atomic E-state index is -0.616. The summed E-state index contributed by atoms with van der Waals surface area (Å²) in [5, 5.41) is 10.8. The number of carbonyl (C=O) groups excluding carboxylic acids is 1. The summed E-state index contributed by atoms with van der Waals surface area (Å²) in [5.74, 6) is -0.273. The topological polar surface area (TPSA) is 82.6 Å². The van der Waals surface area contributed by atoms with Gasteiger partial charge >= 0.3 is 5.97 Å². The molecule has 0 radical (unpaired) electrons. The summed E-state index contributed by atoms with van der Waals surface area (Å²) >= 11 is 5.71. The first-order valence-corrected chi connectivity index (χ1v) is 5.53. The lowest BCUT2D eigenvalue weighted by Gasteiger charge is -1.99. The molecule has 0 amide bonds. The van der Waals surface area contributed by atoms with E-state index in [1.54, 1.807) is 6.07 Å². The van der Waals surface area contributed by atoms with E-state index in [4.69, 9.17) is 16.0 Å². The van der Waals surface area contributed by atoms with Gasteiger partial charge in [-0.1, -0.05) is 11.6 Å². The first-order valence-electron chi connectivity index (χ1n) is 5.15. The molecule has 0 aliphatic rings. The van der Waals surface area contributed by atoms with Crippen molar-refractivity contribution in [2.45, 2.75) is 0 Å². The largest absolute Gasteiger partial charge is 0.463 e. The van der Waals surface area contributed by atoms with Crippen LogP contribution in [0.25, 0.3) is 11.3 Å². The predicted octanol–water partition coefficient (Wildman–Crippen LogP) is 3.29. The monoisotopic (exact) mass is 281 g/mol. The van der Waals surface area contributed by atoms with Gasteiger partial charge in [0.05, 0.1) is 12.0 Å². The van der Waals surface area contributed by atoms with E-state index < -0.39 is 10.9 Å². The van der Waals surface area contributed by atoms with E-state index in [1.807, 2.05) is 0 Å². The van der Waals surface area contributed by atoms with E-state index in [1.165, 1.54) is 31.4 Å². The number of hydrogen-bond donors (Lipinski definition) is 0. The second-order valence-corrected chi connectivity index (χ2v) is 3.99. The van der Waals surface area contributed by atoms with Gasteiger partial charge in [-0.25, -0.2) is 4.79 Å². The fourth-order valence-electron chi connectivity index (χ4n) is 1.51. The minimum Gasteiger partial charge on any atom is -0.463 e. The number of nitro groups is 1. The van der Waals surface area contributed by atoms with E-state index in [0.717, 1.165) is 0 Å². The molecule has 2 rings (SSSR count). The second-order valence-electron chi connectivity index (χ2n) is 3.58. The molecule has 0 fully saturated rings. The number of benzene rings is 1. The SMILES string of the molecule is COC(=O)c1ccc(-c2ccc(Cl)c([N+](=O)[O-])c2)o1. The molecule has 0 saturated heterocycles. The van der Waals surface area contributed by atoms with Gasteiger partial charge in [0.25, 0.3) is 5.69 Å². The first kappa shape index (κ1) is 13.1. The molecule has 0 N–H and O–H groups in total. The van der Waals surface area contributed by atoms with Crippen LogP contribution in [0.5, 0.6) is 0 Å². The fourth-order valence-corrected chi connectivity index (χ4v) is 1.70. The highest BCUT2D eigenvalue weighted by molar-refractivity contribution is 6.32. The molecule has 98 valence electrons. The summed E-state index contributed by atoms with van der Waals surface area (Å²) in [6.07, 6.45) is 0. The molecule has 1 heterocycles.